The van der Waals surface area contributed by atoms with Crippen LogP contribution in [0.1, 0.15) is 80.8 Å². The van der Waals surface area contributed by atoms with Crippen LogP contribution in [0.25, 0.3) is 0 Å². The first-order valence-electron chi connectivity index (χ1n) is 13.7. The number of fused-ring (bicyclic) bond motifs is 8. The third-order valence-corrected chi connectivity index (χ3v) is 9.37. The fourth-order valence-electron chi connectivity index (χ4n) is 7.24. The first-order valence-corrected chi connectivity index (χ1v) is 13.7. The fraction of sp³-hybridized carbons (Fsp3) is 0.500. The SMILES string of the molecule is COC(=O)[C@@H]1c2cc3c(c(O)c2[C@@H](OC)C[C@@]1(C)O)C(=O)c1c(O)cc2c(c1C3=O)O[C@@H]1O[C@@]2(C)[C@H](O)[C@@H](N(C)C)[C@@H]1O. The highest BCUT2D eigenvalue weighted by molar-refractivity contribution is 6.31. The number of phenols is 2. The van der Waals surface area contributed by atoms with E-state index in [1.54, 1.807) is 19.0 Å². The Bertz CT molecular complexity index is 1600. The molecule has 0 amide bonds. The summed E-state index contributed by atoms with van der Waals surface area (Å²) in [4.78, 5) is 42.8. The molecule has 13 nitrogen and oxygen atoms in total. The van der Waals surface area contributed by atoms with Crippen molar-refractivity contribution < 1.29 is 58.9 Å². The highest BCUT2D eigenvalue weighted by atomic mass is 16.7. The minimum atomic E-state index is -1.71. The molecule has 0 saturated carbocycles. The molecule has 13 heteroatoms. The maximum atomic E-state index is 14.3. The van der Waals surface area contributed by atoms with E-state index in [4.69, 9.17) is 18.9 Å². The summed E-state index contributed by atoms with van der Waals surface area (Å²) in [6.45, 7) is 2.93. The predicted molar refractivity (Wildman–Crippen MR) is 145 cm³/mol. The first kappa shape index (κ1) is 29.5. The van der Waals surface area contributed by atoms with Crippen molar-refractivity contribution in [2.24, 2.45) is 0 Å². The molecule has 0 radical (unpaired) electrons. The van der Waals surface area contributed by atoms with Crippen molar-refractivity contribution in [2.45, 2.75) is 68.0 Å². The number of rotatable bonds is 3. The quantitative estimate of drug-likeness (QED) is 0.263. The van der Waals surface area contributed by atoms with E-state index in [1.165, 1.54) is 33.1 Å². The number of aliphatic hydroxyl groups is 3. The number of ether oxygens (including phenoxy) is 4. The summed E-state index contributed by atoms with van der Waals surface area (Å²) in [5.74, 6) is -5.32. The van der Waals surface area contributed by atoms with Gasteiger partial charge in [-0.05, 0) is 45.6 Å². The second kappa shape index (κ2) is 9.45. The van der Waals surface area contributed by atoms with Crippen molar-refractivity contribution >= 4 is 17.5 Å². The molecule has 4 aliphatic rings. The fourth-order valence-corrected chi connectivity index (χ4v) is 7.24. The molecule has 2 heterocycles. The molecule has 230 valence electrons. The number of aliphatic hydroxyl groups excluding tert-OH is 2. The molecule has 0 spiro atoms. The van der Waals surface area contributed by atoms with Gasteiger partial charge in [0.15, 0.2) is 5.78 Å². The monoisotopic (exact) mass is 599 g/mol. The minimum absolute atomic E-state index is 0.0394. The zero-order valence-corrected chi connectivity index (χ0v) is 24.4. The molecule has 0 aromatic heterocycles. The summed E-state index contributed by atoms with van der Waals surface area (Å²) in [7, 11) is 5.79. The topological polar surface area (TPSA) is 193 Å². The molecule has 2 bridgehead atoms. The molecule has 2 aromatic carbocycles. The van der Waals surface area contributed by atoms with E-state index in [2.05, 4.69) is 0 Å². The number of methoxy groups -OCH3 is 2. The van der Waals surface area contributed by atoms with E-state index in [0.717, 1.165) is 7.11 Å². The number of benzene rings is 2. The van der Waals surface area contributed by atoms with Crippen LogP contribution < -0.4 is 4.74 Å². The van der Waals surface area contributed by atoms with Gasteiger partial charge in [0.1, 0.15) is 41.0 Å². The molecular weight excluding hydrogens is 566 g/mol. The van der Waals surface area contributed by atoms with Crippen LogP contribution in [0.2, 0.25) is 0 Å². The Morgan fingerprint density at radius 2 is 1.72 bits per heavy atom. The number of hydrogen-bond donors (Lipinski definition) is 5. The molecule has 6 rings (SSSR count). The molecule has 1 saturated heterocycles. The van der Waals surface area contributed by atoms with Crippen molar-refractivity contribution in [3.63, 3.8) is 0 Å². The maximum absolute atomic E-state index is 14.3. The van der Waals surface area contributed by atoms with Gasteiger partial charge in [-0.25, -0.2) is 0 Å². The number of carbonyl (C=O) groups is 3. The standard InChI is InChI=1S/C30H33NO12/c1-29(39)9-14(40-5)15-10(19(29)27(38)41-6)7-11-16(22(15)34)23(35)17-13(32)8-12-25(18(17)21(11)33)42-28-24(36)20(31(3)4)26(37)30(12,2)43-28/h7-8,14,19-20,24,26,28,32,34,36-37,39H,9H2,1-6H3/t14-,19-,20-,24-,26+,28+,29+,30+/m0/s1. The van der Waals surface area contributed by atoms with Crippen LogP contribution in [0.5, 0.6) is 17.2 Å². The molecule has 0 unspecified atom stereocenters. The van der Waals surface area contributed by atoms with Gasteiger partial charge in [0.2, 0.25) is 12.1 Å². The van der Waals surface area contributed by atoms with Gasteiger partial charge < -0.3 is 49.4 Å². The molecule has 2 aliphatic heterocycles. The number of esters is 1. The average molecular weight is 600 g/mol. The Kier molecular flexibility index (Phi) is 6.48. The smallest absolute Gasteiger partial charge is 0.316 e. The second-order valence-corrected chi connectivity index (χ2v) is 12.2. The maximum Gasteiger partial charge on any atom is 0.316 e. The Labute approximate surface area is 246 Å². The summed E-state index contributed by atoms with van der Waals surface area (Å²) < 4.78 is 22.4. The third-order valence-electron chi connectivity index (χ3n) is 9.37. The van der Waals surface area contributed by atoms with Gasteiger partial charge in [0.25, 0.3) is 0 Å². The van der Waals surface area contributed by atoms with E-state index in [-0.39, 0.29) is 40.0 Å². The van der Waals surface area contributed by atoms with Crippen molar-refractivity contribution in [1.82, 2.24) is 4.90 Å². The summed E-state index contributed by atoms with van der Waals surface area (Å²) in [6.07, 6.45) is -5.13. The largest absolute Gasteiger partial charge is 0.507 e. The van der Waals surface area contributed by atoms with Gasteiger partial charge in [-0.1, -0.05) is 0 Å². The third kappa shape index (κ3) is 3.76. The molecule has 2 aliphatic carbocycles. The van der Waals surface area contributed by atoms with Crippen molar-refractivity contribution in [3.05, 3.63) is 51.1 Å². The lowest BCUT2D eigenvalue weighted by molar-refractivity contribution is -0.311. The molecule has 5 N–H and O–H groups in total. The predicted octanol–water partition coefficient (Wildman–Crippen LogP) is 0.588. The molecule has 8 atom stereocenters. The van der Waals surface area contributed by atoms with E-state index in [9.17, 15) is 39.9 Å². The van der Waals surface area contributed by atoms with Gasteiger partial charge in [-0.2, -0.15) is 0 Å². The summed E-state index contributed by atoms with van der Waals surface area (Å²) in [5, 5.41) is 56.3. The Morgan fingerprint density at radius 1 is 1.05 bits per heavy atom. The lowest BCUT2D eigenvalue weighted by atomic mass is 9.68. The van der Waals surface area contributed by atoms with Gasteiger partial charge in [-0.3, -0.25) is 14.4 Å². The summed E-state index contributed by atoms with van der Waals surface area (Å²) in [5.41, 5.74) is -4.63. The lowest BCUT2D eigenvalue weighted by Gasteiger charge is -2.53. The summed E-state index contributed by atoms with van der Waals surface area (Å²) >= 11 is 0. The van der Waals surface area contributed by atoms with Crippen LogP contribution in [0.4, 0.5) is 0 Å². The molecular formula is C30H33NO12. The number of carbonyl (C=O) groups excluding carboxylic acids is 3. The molecule has 43 heavy (non-hydrogen) atoms. The molecule has 1 fully saturated rings. The Hall–Kier alpha value is -3.59. The highest BCUT2D eigenvalue weighted by Crippen LogP contribution is 2.55. The normalized spacial score (nSPS) is 34.1. The average Bonchev–Trinajstić information content (AvgIpc) is 2.93. The van der Waals surface area contributed by atoms with E-state index >= 15 is 0 Å². The lowest BCUT2D eigenvalue weighted by Crippen LogP contribution is -2.68. The molecule has 2 aromatic rings. The van der Waals surface area contributed by atoms with E-state index in [1.807, 2.05) is 0 Å². The summed E-state index contributed by atoms with van der Waals surface area (Å²) in [6, 6.07) is 1.58. The highest BCUT2D eigenvalue weighted by Gasteiger charge is 2.59. The van der Waals surface area contributed by atoms with E-state index < -0.39 is 87.9 Å². The van der Waals surface area contributed by atoms with Crippen LogP contribution in [0.15, 0.2) is 12.1 Å². The number of nitrogens with zero attached hydrogens (tertiary/aromatic N) is 1. The van der Waals surface area contributed by atoms with Gasteiger partial charge in [0.05, 0.1) is 41.5 Å². The van der Waals surface area contributed by atoms with Crippen LogP contribution in [0, 0.1) is 0 Å². The van der Waals surface area contributed by atoms with Crippen LogP contribution in [-0.4, -0.2) is 106 Å². The first-order chi connectivity index (χ1) is 20.1. The van der Waals surface area contributed by atoms with Gasteiger partial charge in [-0.15, -0.1) is 0 Å². The van der Waals surface area contributed by atoms with Crippen LogP contribution in [0.3, 0.4) is 0 Å². The van der Waals surface area contributed by atoms with Gasteiger partial charge in [0, 0.05) is 30.2 Å². The number of aromatic hydroxyl groups is 2. The van der Waals surface area contributed by atoms with Crippen molar-refractivity contribution in [3.8, 4) is 17.2 Å². The van der Waals surface area contributed by atoms with Crippen LogP contribution in [-0.2, 0) is 24.6 Å². The Balaban J connectivity index is 1.61. The number of ketones is 2. The van der Waals surface area contributed by atoms with Crippen molar-refractivity contribution in [1.29, 1.82) is 0 Å². The van der Waals surface area contributed by atoms with Gasteiger partial charge >= 0.3 is 5.97 Å². The zero-order valence-electron chi connectivity index (χ0n) is 24.4. The van der Waals surface area contributed by atoms with Crippen LogP contribution >= 0.6 is 0 Å². The Morgan fingerprint density at radius 3 is 2.33 bits per heavy atom. The number of likely N-dealkylation sites (N-methyl/N-ethyl adjacent to an activating group) is 1. The minimum Gasteiger partial charge on any atom is -0.507 e. The second-order valence-electron chi connectivity index (χ2n) is 12.2. The zero-order chi connectivity index (χ0) is 31.5. The number of hydrogen-bond acceptors (Lipinski definition) is 13. The van der Waals surface area contributed by atoms with Crippen molar-refractivity contribution in [2.75, 3.05) is 28.3 Å². The van der Waals surface area contributed by atoms with E-state index in [0.29, 0.717) is 0 Å². The number of phenolic OH excluding ortho intramolecular Hbond substituents is 2.